The van der Waals surface area contributed by atoms with Gasteiger partial charge in [0.05, 0.1) is 0 Å². The normalized spacial score (nSPS) is 23.2. The largest absolute Gasteiger partial charge is 0.308 e. The van der Waals surface area contributed by atoms with E-state index in [-0.39, 0.29) is 10.9 Å². The van der Waals surface area contributed by atoms with Crippen molar-refractivity contribution in [2.24, 2.45) is 11.8 Å². The minimum atomic E-state index is -3.49. The lowest BCUT2D eigenvalue weighted by Gasteiger charge is -2.33. The van der Waals surface area contributed by atoms with E-state index in [4.69, 9.17) is 5.84 Å². The van der Waals surface area contributed by atoms with E-state index in [2.05, 4.69) is 17.3 Å². The first kappa shape index (κ1) is 16.2. The van der Waals surface area contributed by atoms with Gasteiger partial charge in [0.1, 0.15) is 10.7 Å². The van der Waals surface area contributed by atoms with E-state index in [1.54, 1.807) is 13.1 Å². The molecule has 0 aromatic carbocycles. The van der Waals surface area contributed by atoms with Crippen LogP contribution in [-0.4, -0.2) is 30.8 Å². The SMILES string of the molecule is CCC1CCC(N(C)S(=O)(=O)c2ccc(NN)nc2)CC1. The monoisotopic (exact) mass is 312 g/mol. The Bertz CT molecular complexity index is 551. The molecule has 6 nitrogen and oxygen atoms in total. The third kappa shape index (κ3) is 3.53. The van der Waals surface area contributed by atoms with Crippen molar-refractivity contribution in [2.75, 3.05) is 12.5 Å². The summed E-state index contributed by atoms with van der Waals surface area (Å²) >= 11 is 0. The van der Waals surface area contributed by atoms with Gasteiger partial charge in [0.25, 0.3) is 0 Å². The maximum absolute atomic E-state index is 12.6. The van der Waals surface area contributed by atoms with E-state index >= 15 is 0 Å². The summed E-state index contributed by atoms with van der Waals surface area (Å²) in [7, 11) is -1.82. The molecule has 0 atom stereocenters. The van der Waals surface area contributed by atoms with Crippen molar-refractivity contribution < 1.29 is 8.42 Å². The predicted molar refractivity (Wildman–Crippen MR) is 83.0 cm³/mol. The van der Waals surface area contributed by atoms with Gasteiger partial charge in [-0.3, -0.25) is 0 Å². The summed E-state index contributed by atoms with van der Waals surface area (Å²) in [4.78, 5) is 4.18. The Morgan fingerprint density at radius 3 is 2.48 bits per heavy atom. The predicted octanol–water partition coefficient (Wildman–Crippen LogP) is 1.96. The minimum Gasteiger partial charge on any atom is -0.308 e. The van der Waals surface area contributed by atoms with Crippen LogP contribution < -0.4 is 11.3 Å². The van der Waals surface area contributed by atoms with Gasteiger partial charge in [0, 0.05) is 19.3 Å². The van der Waals surface area contributed by atoms with Crippen molar-refractivity contribution in [1.29, 1.82) is 0 Å². The molecule has 0 spiro atoms. The zero-order valence-electron chi connectivity index (χ0n) is 12.6. The van der Waals surface area contributed by atoms with Gasteiger partial charge in [-0.1, -0.05) is 13.3 Å². The Labute approximate surface area is 126 Å². The average Bonchev–Trinajstić information content (AvgIpc) is 2.54. The molecular formula is C14H24N4O2S. The highest BCUT2D eigenvalue weighted by atomic mass is 32.2. The van der Waals surface area contributed by atoms with Crippen molar-refractivity contribution in [3.63, 3.8) is 0 Å². The van der Waals surface area contributed by atoms with Crippen LogP contribution in [0.5, 0.6) is 0 Å². The molecule has 0 aliphatic heterocycles. The smallest absolute Gasteiger partial charge is 0.244 e. The molecule has 0 radical (unpaired) electrons. The van der Waals surface area contributed by atoms with Crippen molar-refractivity contribution >= 4 is 15.8 Å². The first-order valence-corrected chi connectivity index (χ1v) is 8.83. The van der Waals surface area contributed by atoms with Gasteiger partial charge < -0.3 is 5.43 Å². The molecule has 3 N–H and O–H groups in total. The summed E-state index contributed by atoms with van der Waals surface area (Å²) in [5, 5.41) is 0. The fourth-order valence-electron chi connectivity index (χ4n) is 2.90. The summed E-state index contributed by atoms with van der Waals surface area (Å²) in [5.41, 5.74) is 2.39. The molecule has 1 saturated carbocycles. The second-order valence-electron chi connectivity index (χ2n) is 5.63. The number of sulfonamides is 1. The summed E-state index contributed by atoms with van der Waals surface area (Å²) in [5.74, 6) is 6.43. The molecule has 1 aromatic heterocycles. The molecule has 0 amide bonds. The van der Waals surface area contributed by atoms with Crippen molar-refractivity contribution in [2.45, 2.75) is 50.0 Å². The number of nitrogens with one attached hydrogen (secondary N) is 1. The molecular weight excluding hydrogens is 288 g/mol. The first-order valence-electron chi connectivity index (χ1n) is 7.39. The molecule has 0 saturated heterocycles. The Balaban J connectivity index is 2.11. The Morgan fingerprint density at radius 1 is 1.33 bits per heavy atom. The molecule has 2 rings (SSSR count). The molecule has 118 valence electrons. The lowest BCUT2D eigenvalue weighted by atomic mass is 9.85. The standard InChI is InChI=1S/C14H24N4O2S/c1-3-11-4-6-12(7-5-11)18(2)21(19,20)13-8-9-14(17-15)16-10-13/h8-12H,3-7,15H2,1-2H3,(H,16,17). The third-order valence-electron chi connectivity index (χ3n) is 4.47. The maximum Gasteiger partial charge on any atom is 0.244 e. The van der Waals surface area contributed by atoms with Crippen LogP contribution in [-0.2, 0) is 10.0 Å². The Hall–Kier alpha value is -1.18. The highest BCUT2D eigenvalue weighted by molar-refractivity contribution is 7.89. The van der Waals surface area contributed by atoms with E-state index in [0.29, 0.717) is 5.82 Å². The number of nitrogens with two attached hydrogens (primary N) is 1. The van der Waals surface area contributed by atoms with Gasteiger partial charge in [0.15, 0.2) is 0 Å². The molecule has 0 unspecified atom stereocenters. The van der Waals surface area contributed by atoms with Gasteiger partial charge in [-0.05, 0) is 43.7 Å². The number of hydrogen-bond acceptors (Lipinski definition) is 5. The summed E-state index contributed by atoms with van der Waals surface area (Å²) in [6, 6.07) is 3.19. The molecule has 1 aliphatic carbocycles. The lowest BCUT2D eigenvalue weighted by Crippen LogP contribution is -2.39. The number of rotatable bonds is 5. The Kier molecular flexibility index (Phi) is 5.18. The first-order chi connectivity index (χ1) is 9.98. The molecule has 0 bridgehead atoms. The second kappa shape index (κ2) is 6.72. The van der Waals surface area contributed by atoms with Gasteiger partial charge in [0.2, 0.25) is 10.0 Å². The van der Waals surface area contributed by atoms with E-state index in [9.17, 15) is 8.42 Å². The van der Waals surface area contributed by atoms with Crippen LogP contribution in [0.1, 0.15) is 39.0 Å². The second-order valence-corrected chi connectivity index (χ2v) is 7.63. The molecule has 7 heteroatoms. The Morgan fingerprint density at radius 2 is 2.00 bits per heavy atom. The topological polar surface area (TPSA) is 88.3 Å². The van der Waals surface area contributed by atoms with E-state index < -0.39 is 10.0 Å². The molecule has 1 aromatic rings. The number of nitrogens with zero attached hydrogens (tertiary/aromatic N) is 2. The quantitative estimate of drug-likeness (QED) is 0.641. The average molecular weight is 312 g/mol. The number of hydrogen-bond donors (Lipinski definition) is 2. The third-order valence-corrected chi connectivity index (χ3v) is 6.36. The molecule has 21 heavy (non-hydrogen) atoms. The van der Waals surface area contributed by atoms with Crippen LogP contribution >= 0.6 is 0 Å². The highest BCUT2D eigenvalue weighted by Crippen LogP contribution is 2.31. The van der Waals surface area contributed by atoms with Gasteiger partial charge in [-0.15, -0.1) is 0 Å². The summed E-state index contributed by atoms with van der Waals surface area (Å²) in [6.07, 6.45) is 6.61. The van der Waals surface area contributed by atoms with E-state index in [0.717, 1.165) is 31.6 Å². The number of pyridine rings is 1. The molecule has 1 heterocycles. The number of anilines is 1. The van der Waals surface area contributed by atoms with Crippen molar-refractivity contribution in [3.8, 4) is 0 Å². The minimum absolute atomic E-state index is 0.0881. The van der Waals surface area contributed by atoms with E-state index in [1.165, 1.54) is 23.0 Å². The fourth-order valence-corrected chi connectivity index (χ4v) is 4.26. The number of hydrazine groups is 1. The summed E-state index contributed by atoms with van der Waals surface area (Å²) < 4.78 is 26.7. The highest BCUT2D eigenvalue weighted by Gasteiger charge is 2.31. The summed E-state index contributed by atoms with van der Waals surface area (Å²) in [6.45, 7) is 2.20. The van der Waals surface area contributed by atoms with Crippen molar-refractivity contribution in [1.82, 2.24) is 9.29 Å². The van der Waals surface area contributed by atoms with Crippen LogP contribution in [0, 0.1) is 5.92 Å². The van der Waals surface area contributed by atoms with Crippen LogP contribution in [0.3, 0.4) is 0 Å². The molecule has 1 aliphatic rings. The molecule has 1 fully saturated rings. The van der Waals surface area contributed by atoms with E-state index in [1.807, 2.05) is 0 Å². The zero-order chi connectivity index (χ0) is 15.5. The van der Waals surface area contributed by atoms with Gasteiger partial charge >= 0.3 is 0 Å². The van der Waals surface area contributed by atoms with Crippen LogP contribution in [0.25, 0.3) is 0 Å². The lowest BCUT2D eigenvalue weighted by molar-refractivity contribution is 0.233. The zero-order valence-corrected chi connectivity index (χ0v) is 13.4. The van der Waals surface area contributed by atoms with Crippen molar-refractivity contribution in [3.05, 3.63) is 18.3 Å². The number of nitrogen functional groups attached to an aromatic ring is 1. The van der Waals surface area contributed by atoms with Crippen LogP contribution in [0.4, 0.5) is 5.82 Å². The fraction of sp³-hybridized carbons (Fsp3) is 0.643. The van der Waals surface area contributed by atoms with Gasteiger partial charge in [-0.2, -0.15) is 4.31 Å². The maximum atomic E-state index is 12.6. The van der Waals surface area contributed by atoms with Gasteiger partial charge in [-0.25, -0.2) is 19.2 Å². The van der Waals surface area contributed by atoms with Crippen LogP contribution in [0.15, 0.2) is 23.2 Å². The van der Waals surface area contributed by atoms with Crippen LogP contribution in [0.2, 0.25) is 0 Å². The number of aromatic nitrogens is 1.